The first kappa shape index (κ1) is 18.0. The van der Waals surface area contributed by atoms with E-state index in [0.717, 1.165) is 16.8 Å². The lowest BCUT2D eigenvalue weighted by Gasteiger charge is -2.09. The monoisotopic (exact) mass is 358 g/mol. The van der Waals surface area contributed by atoms with Crippen LogP contribution in [0.4, 0.5) is 5.69 Å². The van der Waals surface area contributed by atoms with Crippen molar-refractivity contribution in [1.29, 1.82) is 5.26 Å². The number of nitrogens with zero attached hydrogens (tertiary/aromatic N) is 2. The first-order valence-electron chi connectivity index (χ1n) is 8.29. The quantitative estimate of drug-likeness (QED) is 0.534. The van der Waals surface area contributed by atoms with Gasteiger partial charge in [0.1, 0.15) is 17.4 Å². The van der Waals surface area contributed by atoms with Crippen LogP contribution in [0.2, 0.25) is 0 Å². The van der Waals surface area contributed by atoms with Crippen molar-refractivity contribution in [3.8, 4) is 23.1 Å². The van der Waals surface area contributed by atoms with Gasteiger partial charge in [-0.3, -0.25) is 9.89 Å². The molecule has 0 spiro atoms. The Labute approximate surface area is 157 Å². The van der Waals surface area contributed by atoms with Crippen LogP contribution in [0.15, 0.2) is 60.3 Å². The first-order valence-corrected chi connectivity index (χ1v) is 8.29. The molecule has 0 aliphatic heterocycles. The molecule has 2 aromatic carbocycles. The van der Waals surface area contributed by atoms with E-state index in [1.165, 1.54) is 13.2 Å². The van der Waals surface area contributed by atoms with Crippen LogP contribution in [0.1, 0.15) is 11.1 Å². The number of carbonyl (C=O) groups is 1. The van der Waals surface area contributed by atoms with Crippen LogP contribution in [0, 0.1) is 18.3 Å². The van der Waals surface area contributed by atoms with Crippen LogP contribution in [0.5, 0.6) is 5.75 Å². The number of carbonyl (C=O) groups excluding carboxylic acids is 1. The van der Waals surface area contributed by atoms with Gasteiger partial charge < -0.3 is 10.1 Å². The Morgan fingerprint density at radius 3 is 2.67 bits per heavy atom. The molecule has 0 bridgehead atoms. The summed E-state index contributed by atoms with van der Waals surface area (Å²) in [5, 5.41) is 19.1. The lowest BCUT2D eigenvalue weighted by molar-refractivity contribution is -0.112. The van der Waals surface area contributed by atoms with Crippen LogP contribution in [0.25, 0.3) is 17.3 Å². The van der Waals surface area contributed by atoms with Crippen molar-refractivity contribution < 1.29 is 9.53 Å². The zero-order valence-electron chi connectivity index (χ0n) is 15.0. The second kappa shape index (κ2) is 8.02. The van der Waals surface area contributed by atoms with Crippen molar-refractivity contribution in [2.45, 2.75) is 6.92 Å². The largest absolute Gasteiger partial charge is 0.495 e. The third-order valence-corrected chi connectivity index (χ3v) is 4.03. The zero-order chi connectivity index (χ0) is 19.2. The van der Waals surface area contributed by atoms with Gasteiger partial charge in [-0.1, -0.05) is 42.0 Å². The van der Waals surface area contributed by atoms with E-state index in [9.17, 15) is 10.1 Å². The highest BCUT2D eigenvalue weighted by molar-refractivity contribution is 6.10. The molecule has 0 atom stereocenters. The number of methoxy groups -OCH3 is 1. The minimum absolute atomic E-state index is 0.0318. The maximum atomic E-state index is 12.5. The number of amides is 1. The molecule has 27 heavy (non-hydrogen) atoms. The predicted molar refractivity (Wildman–Crippen MR) is 104 cm³/mol. The molecule has 0 aliphatic rings. The van der Waals surface area contributed by atoms with E-state index in [1.54, 1.807) is 30.5 Å². The van der Waals surface area contributed by atoms with Crippen molar-refractivity contribution in [3.05, 3.63) is 71.4 Å². The Morgan fingerprint density at radius 2 is 1.96 bits per heavy atom. The van der Waals surface area contributed by atoms with Gasteiger partial charge >= 0.3 is 0 Å². The first-order chi connectivity index (χ1) is 13.1. The van der Waals surface area contributed by atoms with Crippen molar-refractivity contribution in [2.24, 2.45) is 0 Å². The molecule has 134 valence electrons. The van der Waals surface area contributed by atoms with Crippen LogP contribution < -0.4 is 10.1 Å². The number of hydrogen-bond acceptors (Lipinski definition) is 4. The molecule has 1 aromatic heterocycles. The summed E-state index contributed by atoms with van der Waals surface area (Å²) in [7, 11) is 1.52. The third kappa shape index (κ3) is 4.05. The van der Waals surface area contributed by atoms with Gasteiger partial charge in [0.25, 0.3) is 5.91 Å². The number of nitriles is 1. The van der Waals surface area contributed by atoms with Gasteiger partial charge in [0.2, 0.25) is 0 Å². The number of nitrogens with one attached hydrogen (secondary N) is 2. The van der Waals surface area contributed by atoms with E-state index in [4.69, 9.17) is 4.74 Å². The molecule has 3 aromatic rings. The van der Waals surface area contributed by atoms with Gasteiger partial charge in [-0.15, -0.1) is 0 Å². The van der Waals surface area contributed by atoms with Crippen LogP contribution in [-0.2, 0) is 4.79 Å². The van der Waals surface area contributed by atoms with Gasteiger partial charge in [0.05, 0.1) is 24.7 Å². The zero-order valence-corrected chi connectivity index (χ0v) is 15.0. The number of para-hydroxylation sites is 2. The van der Waals surface area contributed by atoms with E-state index in [0.29, 0.717) is 17.0 Å². The predicted octanol–water partition coefficient (Wildman–Crippen LogP) is 3.94. The number of anilines is 1. The molecule has 0 saturated heterocycles. The number of rotatable bonds is 5. The second-order valence-corrected chi connectivity index (χ2v) is 5.89. The number of aromatic amines is 1. The highest BCUT2D eigenvalue weighted by atomic mass is 16.5. The Bertz CT molecular complexity index is 1030. The Hall–Kier alpha value is -3.85. The average Bonchev–Trinajstić information content (AvgIpc) is 3.15. The van der Waals surface area contributed by atoms with Crippen LogP contribution in [0.3, 0.4) is 0 Å². The summed E-state index contributed by atoms with van der Waals surface area (Å²) < 4.78 is 5.22. The van der Waals surface area contributed by atoms with E-state index in [2.05, 4.69) is 15.5 Å². The summed E-state index contributed by atoms with van der Waals surface area (Å²) in [6.45, 7) is 2.01. The van der Waals surface area contributed by atoms with E-state index in [1.807, 2.05) is 37.3 Å². The Balaban J connectivity index is 1.89. The molecular weight excluding hydrogens is 340 g/mol. The molecule has 0 fully saturated rings. The fourth-order valence-electron chi connectivity index (χ4n) is 2.60. The topological polar surface area (TPSA) is 90.8 Å². The SMILES string of the molecule is COc1ccccc1NC(=O)/C(C#N)=C\c1cn[nH]c1-c1ccc(C)cc1. The lowest BCUT2D eigenvalue weighted by atomic mass is 10.0. The van der Waals surface area contributed by atoms with Gasteiger partial charge in [0.15, 0.2) is 0 Å². The Kier molecular flexibility index (Phi) is 5.33. The molecule has 2 N–H and O–H groups in total. The fraction of sp³-hybridized carbons (Fsp3) is 0.0952. The molecule has 0 unspecified atom stereocenters. The van der Waals surface area contributed by atoms with Gasteiger partial charge in [-0.25, -0.2) is 0 Å². The number of H-pyrrole nitrogens is 1. The maximum Gasteiger partial charge on any atom is 0.266 e. The fourth-order valence-corrected chi connectivity index (χ4v) is 2.60. The summed E-state index contributed by atoms with van der Waals surface area (Å²) in [6.07, 6.45) is 3.10. The van der Waals surface area contributed by atoms with Gasteiger partial charge in [-0.2, -0.15) is 10.4 Å². The maximum absolute atomic E-state index is 12.5. The van der Waals surface area contributed by atoms with Crippen molar-refractivity contribution in [1.82, 2.24) is 10.2 Å². The summed E-state index contributed by atoms with van der Waals surface area (Å²) in [6, 6.07) is 16.9. The summed E-state index contributed by atoms with van der Waals surface area (Å²) in [4.78, 5) is 12.5. The molecule has 6 heteroatoms. The second-order valence-electron chi connectivity index (χ2n) is 5.89. The Morgan fingerprint density at radius 1 is 1.22 bits per heavy atom. The highest BCUT2D eigenvalue weighted by Gasteiger charge is 2.14. The summed E-state index contributed by atoms with van der Waals surface area (Å²) >= 11 is 0. The number of aryl methyl sites for hydroxylation is 1. The lowest BCUT2D eigenvalue weighted by Crippen LogP contribution is -2.14. The van der Waals surface area contributed by atoms with Crippen molar-refractivity contribution >= 4 is 17.7 Å². The molecule has 3 rings (SSSR count). The highest BCUT2D eigenvalue weighted by Crippen LogP contribution is 2.25. The normalized spacial score (nSPS) is 10.9. The smallest absolute Gasteiger partial charge is 0.266 e. The minimum Gasteiger partial charge on any atom is -0.495 e. The summed E-state index contributed by atoms with van der Waals surface area (Å²) in [5.41, 5.74) is 3.93. The van der Waals surface area contributed by atoms with Crippen molar-refractivity contribution in [3.63, 3.8) is 0 Å². The van der Waals surface area contributed by atoms with E-state index in [-0.39, 0.29) is 5.57 Å². The van der Waals surface area contributed by atoms with Gasteiger partial charge in [-0.05, 0) is 25.1 Å². The average molecular weight is 358 g/mol. The van der Waals surface area contributed by atoms with Crippen LogP contribution >= 0.6 is 0 Å². The molecule has 1 amide bonds. The summed E-state index contributed by atoms with van der Waals surface area (Å²) in [5.74, 6) is 0.00449. The molecule has 0 radical (unpaired) electrons. The number of ether oxygens (including phenoxy) is 1. The minimum atomic E-state index is -0.516. The standard InChI is InChI=1S/C21H18N4O2/c1-14-7-9-15(10-8-14)20-17(13-23-25-20)11-16(12-22)21(26)24-18-5-3-4-6-19(18)27-2/h3-11,13H,1-2H3,(H,23,25)(H,24,26)/b16-11-. The molecule has 0 aliphatic carbocycles. The van der Waals surface area contributed by atoms with E-state index >= 15 is 0 Å². The number of hydrogen-bond donors (Lipinski definition) is 2. The van der Waals surface area contributed by atoms with Gasteiger partial charge in [0, 0.05) is 11.1 Å². The number of aromatic nitrogens is 2. The van der Waals surface area contributed by atoms with Crippen LogP contribution in [-0.4, -0.2) is 23.2 Å². The van der Waals surface area contributed by atoms with Crippen molar-refractivity contribution in [2.75, 3.05) is 12.4 Å². The van der Waals surface area contributed by atoms with E-state index < -0.39 is 5.91 Å². The molecule has 6 nitrogen and oxygen atoms in total. The molecule has 1 heterocycles. The molecular formula is C21H18N4O2. The number of benzene rings is 2. The molecule has 0 saturated carbocycles. The third-order valence-electron chi connectivity index (χ3n) is 4.03.